The zero-order valence-electron chi connectivity index (χ0n) is 10.8. The molecule has 0 radical (unpaired) electrons. The Bertz CT molecular complexity index is 520. The van der Waals surface area contributed by atoms with Crippen LogP contribution in [0.2, 0.25) is 0 Å². The van der Waals surface area contributed by atoms with Crippen LogP contribution in [0.4, 0.5) is 5.69 Å². The van der Waals surface area contributed by atoms with Gasteiger partial charge in [-0.15, -0.1) is 22.6 Å². The number of piperazine rings is 1. The molecular weight excluding hydrogens is 264 g/mol. The molecule has 19 heavy (non-hydrogen) atoms. The number of rotatable bonds is 2. The van der Waals surface area contributed by atoms with E-state index >= 15 is 0 Å². The van der Waals surface area contributed by atoms with Crippen molar-refractivity contribution < 1.29 is 4.42 Å². The molecule has 1 aromatic heterocycles. The second-order valence-corrected chi connectivity index (χ2v) is 4.41. The van der Waals surface area contributed by atoms with Gasteiger partial charge in [0.25, 0.3) is 0 Å². The molecule has 1 aliphatic rings. The molecule has 0 amide bonds. The van der Waals surface area contributed by atoms with Crippen LogP contribution in [-0.4, -0.2) is 36.4 Å². The molecule has 2 heterocycles. The smallest absolute Gasteiger partial charge is 0.247 e. The third-order valence-corrected chi connectivity index (χ3v) is 3.12. The minimum atomic E-state index is 0. The number of aromatic nitrogens is 2. The molecule has 0 saturated carbocycles. The van der Waals surface area contributed by atoms with Gasteiger partial charge in [0.1, 0.15) is 0 Å². The Balaban J connectivity index is 0.00000133. The first-order valence-electron chi connectivity index (χ1n) is 6.19. The Morgan fingerprint density at radius 1 is 1.11 bits per heavy atom. The van der Waals surface area contributed by atoms with Crippen molar-refractivity contribution >= 4 is 18.1 Å². The highest BCUT2D eigenvalue weighted by atomic mass is 35.5. The second-order valence-electron chi connectivity index (χ2n) is 4.41. The molecule has 2 aromatic rings. The summed E-state index contributed by atoms with van der Waals surface area (Å²) < 4.78 is 5.41. The summed E-state index contributed by atoms with van der Waals surface area (Å²) in [5.74, 6) is 1.18. The number of nitrogens with zero attached hydrogens (tertiary/aromatic N) is 3. The van der Waals surface area contributed by atoms with E-state index in [-0.39, 0.29) is 12.4 Å². The third kappa shape index (κ3) is 3.05. The second kappa shape index (κ2) is 6.04. The van der Waals surface area contributed by atoms with Gasteiger partial charge in [-0.1, -0.05) is 0 Å². The van der Waals surface area contributed by atoms with Crippen LogP contribution < -0.4 is 10.2 Å². The van der Waals surface area contributed by atoms with Crippen LogP contribution in [0.25, 0.3) is 11.5 Å². The normalized spacial score (nSPS) is 15.1. The predicted octanol–water partition coefficient (Wildman–Crippen LogP) is 1.88. The molecular formula is C13H17ClN4O. The lowest BCUT2D eigenvalue weighted by Crippen LogP contribution is -2.43. The van der Waals surface area contributed by atoms with Crippen LogP contribution in [0, 0.1) is 6.92 Å². The SMILES string of the molecule is Cc1nnc(-c2ccc(N3CCNCC3)cc2)o1.Cl. The van der Waals surface area contributed by atoms with Crippen molar-refractivity contribution in [1.29, 1.82) is 0 Å². The van der Waals surface area contributed by atoms with Gasteiger partial charge in [0.2, 0.25) is 11.8 Å². The lowest BCUT2D eigenvalue weighted by Gasteiger charge is -2.29. The predicted molar refractivity (Wildman–Crippen MR) is 76.8 cm³/mol. The number of halogens is 1. The van der Waals surface area contributed by atoms with Crippen molar-refractivity contribution in [3.63, 3.8) is 0 Å². The average molecular weight is 281 g/mol. The van der Waals surface area contributed by atoms with Crippen molar-refractivity contribution in [2.24, 2.45) is 0 Å². The molecule has 1 aliphatic heterocycles. The van der Waals surface area contributed by atoms with Crippen molar-refractivity contribution in [1.82, 2.24) is 15.5 Å². The summed E-state index contributed by atoms with van der Waals surface area (Å²) in [5, 5.41) is 11.2. The standard InChI is InChI=1S/C13H16N4O.ClH/c1-10-15-16-13(18-10)11-2-4-12(5-3-11)17-8-6-14-7-9-17;/h2-5,14H,6-9H2,1H3;1H. The summed E-state index contributed by atoms with van der Waals surface area (Å²) in [5.41, 5.74) is 2.21. The van der Waals surface area contributed by atoms with Gasteiger partial charge in [0, 0.05) is 44.4 Å². The lowest BCUT2D eigenvalue weighted by molar-refractivity contribution is 0.533. The first-order valence-corrected chi connectivity index (χ1v) is 6.19. The zero-order chi connectivity index (χ0) is 12.4. The molecule has 6 heteroatoms. The maximum Gasteiger partial charge on any atom is 0.247 e. The fourth-order valence-corrected chi connectivity index (χ4v) is 2.15. The highest BCUT2D eigenvalue weighted by Gasteiger charge is 2.11. The van der Waals surface area contributed by atoms with E-state index in [0.29, 0.717) is 11.8 Å². The maximum absolute atomic E-state index is 5.41. The van der Waals surface area contributed by atoms with Gasteiger partial charge in [-0.25, -0.2) is 0 Å². The first kappa shape index (κ1) is 13.8. The van der Waals surface area contributed by atoms with Crippen molar-refractivity contribution in [3.05, 3.63) is 30.2 Å². The summed E-state index contributed by atoms with van der Waals surface area (Å²) in [6.45, 7) is 6.00. The Hall–Kier alpha value is -1.59. The van der Waals surface area contributed by atoms with E-state index in [4.69, 9.17) is 4.42 Å². The van der Waals surface area contributed by atoms with Crippen LogP contribution >= 0.6 is 12.4 Å². The number of benzene rings is 1. The molecule has 1 N–H and O–H groups in total. The van der Waals surface area contributed by atoms with Crippen LogP contribution in [0.3, 0.4) is 0 Å². The molecule has 0 aliphatic carbocycles. The number of nitrogens with one attached hydrogen (secondary N) is 1. The van der Waals surface area contributed by atoms with E-state index in [0.717, 1.165) is 31.7 Å². The fraction of sp³-hybridized carbons (Fsp3) is 0.385. The lowest BCUT2D eigenvalue weighted by atomic mass is 10.2. The molecule has 3 rings (SSSR count). The third-order valence-electron chi connectivity index (χ3n) is 3.12. The van der Waals surface area contributed by atoms with Crippen molar-refractivity contribution in [3.8, 4) is 11.5 Å². The Labute approximate surface area is 118 Å². The van der Waals surface area contributed by atoms with E-state index in [2.05, 4.69) is 32.5 Å². The number of hydrogen-bond donors (Lipinski definition) is 1. The van der Waals surface area contributed by atoms with E-state index < -0.39 is 0 Å². The minimum Gasteiger partial charge on any atom is -0.421 e. The van der Waals surface area contributed by atoms with E-state index in [1.165, 1.54) is 5.69 Å². The van der Waals surface area contributed by atoms with E-state index in [1.54, 1.807) is 6.92 Å². The Kier molecular flexibility index (Phi) is 4.39. The molecule has 1 aromatic carbocycles. The monoisotopic (exact) mass is 280 g/mol. The number of hydrogen-bond acceptors (Lipinski definition) is 5. The van der Waals surface area contributed by atoms with Crippen molar-refractivity contribution in [2.45, 2.75) is 6.92 Å². The number of aryl methyl sites for hydroxylation is 1. The van der Waals surface area contributed by atoms with Gasteiger partial charge < -0.3 is 14.6 Å². The first-order chi connectivity index (χ1) is 8.83. The molecule has 0 spiro atoms. The molecule has 0 unspecified atom stereocenters. The average Bonchev–Trinajstić information content (AvgIpc) is 2.87. The van der Waals surface area contributed by atoms with Gasteiger partial charge in [0.05, 0.1) is 0 Å². The molecule has 5 nitrogen and oxygen atoms in total. The Morgan fingerprint density at radius 3 is 2.37 bits per heavy atom. The largest absolute Gasteiger partial charge is 0.421 e. The zero-order valence-corrected chi connectivity index (χ0v) is 11.6. The molecule has 0 atom stereocenters. The topological polar surface area (TPSA) is 54.2 Å². The quantitative estimate of drug-likeness (QED) is 0.910. The van der Waals surface area contributed by atoms with Crippen LogP contribution in [0.1, 0.15) is 5.89 Å². The van der Waals surface area contributed by atoms with Crippen LogP contribution in [-0.2, 0) is 0 Å². The maximum atomic E-state index is 5.41. The van der Waals surface area contributed by atoms with Gasteiger partial charge in [-0.05, 0) is 24.3 Å². The summed E-state index contributed by atoms with van der Waals surface area (Å²) >= 11 is 0. The summed E-state index contributed by atoms with van der Waals surface area (Å²) in [6, 6.07) is 8.29. The Morgan fingerprint density at radius 2 is 1.79 bits per heavy atom. The van der Waals surface area contributed by atoms with Gasteiger partial charge in [0.15, 0.2) is 0 Å². The molecule has 102 valence electrons. The molecule has 0 bridgehead atoms. The minimum absolute atomic E-state index is 0. The van der Waals surface area contributed by atoms with Crippen LogP contribution in [0.15, 0.2) is 28.7 Å². The highest BCUT2D eigenvalue weighted by Crippen LogP contribution is 2.22. The summed E-state index contributed by atoms with van der Waals surface area (Å²) in [4.78, 5) is 2.37. The highest BCUT2D eigenvalue weighted by molar-refractivity contribution is 5.85. The van der Waals surface area contributed by atoms with Gasteiger partial charge in [-0.2, -0.15) is 0 Å². The van der Waals surface area contributed by atoms with E-state index in [9.17, 15) is 0 Å². The number of anilines is 1. The summed E-state index contributed by atoms with van der Waals surface area (Å²) in [7, 11) is 0. The van der Waals surface area contributed by atoms with Gasteiger partial charge in [-0.3, -0.25) is 0 Å². The molecule has 1 saturated heterocycles. The summed E-state index contributed by atoms with van der Waals surface area (Å²) in [6.07, 6.45) is 0. The van der Waals surface area contributed by atoms with E-state index in [1.807, 2.05) is 12.1 Å². The fourth-order valence-electron chi connectivity index (χ4n) is 2.15. The van der Waals surface area contributed by atoms with Crippen LogP contribution in [0.5, 0.6) is 0 Å². The van der Waals surface area contributed by atoms with Crippen molar-refractivity contribution in [2.75, 3.05) is 31.1 Å². The molecule has 1 fully saturated rings. The van der Waals surface area contributed by atoms with Gasteiger partial charge >= 0.3 is 0 Å².